The van der Waals surface area contributed by atoms with Crippen LogP contribution in [0.25, 0.3) is 0 Å². The van der Waals surface area contributed by atoms with Gasteiger partial charge in [-0.1, -0.05) is 12.1 Å². The van der Waals surface area contributed by atoms with Gasteiger partial charge < -0.3 is 10.1 Å². The van der Waals surface area contributed by atoms with Crippen molar-refractivity contribution in [2.45, 2.75) is 43.0 Å². The first-order valence-corrected chi connectivity index (χ1v) is 13.6. The van der Waals surface area contributed by atoms with Crippen LogP contribution in [0.2, 0.25) is 0 Å². The molecule has 1 unspecified atom stereocenters. The van der Waals surface area contributed by atoms with E-state index < -0.39 is 26.0 Å². The molecule has 0 spiro atoms. The highest BCUT2D eigenvalue weighted by molar-refractivity contribution is 7.89. The van der Waals surface area contributed by atoms with E-state index in [-0.39, 0.29) is 28.8 Å². The van der Waals surface area contributed by atoms with Gasteiger partial charge in [-0.3, -0.25) is 4.79 Å². The minimum Gasteiger partial charge on any atom is -0.494 e. The van der Waals surface area contributed by atoms with Crippen molar-refractivity contribution >= 4 is 26.0 Å². The molecule has 2 aromatic rings. The van der Waals surface area contributed by atoms with Crippen LogP contribution >= 0.6 is 0 Å². The Morgan fingerprint density at radius 2 is 1.79 bits per heavy atom. The van der Waals surface area contributed by atoms with E-state index in [9.17, 15) is 21.6 Å². The van der Waals surface area contributed by atoms with Gasteiger partial charge in [0.25, 0.3) is 0 Å². The lowest BCUT2D eigenvalue weighted by atomic mass is 9.99. The van der Waals surface area contributed by atoms with E-state index in [2.05, 4.69) is 5.32 Å². The number of piperidine rings is 1. The molecule has 3 N–H and O–H groups in total. The van der Waals surface area contributed by atoms with Crippen LogP contribution in [0.15, 0.2) is 52.3 Å². The fraction of sp³-hybridized carbons (Fsp3) is 0.409. The summed E-state index contributed by atoms with van der Waals surface area (Å²) in [4.78, 5) is 12.9. The SMILES string of the molecule is CCOc1ccc(S(=O)(=O)N2CCCC(C(=O)NCc3ccc(S(N)(=O)=O)cc3)C2)cc1C. The van der Waals surface area contributed by atoms with E-state index in [0.717, 1.165) is 5.56 Å². The lowest BCUT2D eigenvalue weighted by Gasteiger charge is -2.31. The van der Waals surface area contributed by atoms with E-state index in [1.54, 1.807) is 31.2 Å². The smallest absolute Gasteiger partial charge is 0.243 e. The van der Waals surface area contributed by atoms with Crippen LogP contribution in [0.5, 0.6) is 5.75 Å². The fourth-order valence-electron chi connectivity index (χ4n) is 3.75. The fourth-order valence-corrected chi connectivity index (χ4v) is 5.88. The molecule has 0 bridgehead atoms. The van der Waals surface area contributed by atoms with Crippen LogP contribution in [-0.2, 0) is 31.4 Å². The lowest BCUT2D eigenvalue weighted by Crippen LogP contribution is -2.45. The van der Waals surface area contributed by atoms with Gasteiger partial charge in [-0.05, 0) is 68.1 Å². The molecule has 1 amide bonds. The number of benzene rings is 2. The van der Waals surface area contributed by atoms with Crippen LogP contribution in [-0.4, -0.2) is 46.7 Å². The number of hydrogen-bond donors (Lipinski definition) is 2. The molecule has 1 atom stereocenters. The maximum atomic E-state index is 13.2. The summed E-state index contributed by atoms with van der Waals surface area (Å²) >= 11 is 0. The highest BCUT2D eigenvalue weighted by Gasteiger charge is 2.33. The standard InChI is InChI=1S/C22H29N3O6S2/c1-3-31-21-11-10-20(13-16(21)2)33(29,30)25-12-4-5-18(15-25)22(26)24-14-17-6-8-19(9-7-17)32(23,27)28/h6-11,13,18H,3-5,12,14-15H2,1-2H3,(H,24,26)(H2,23,27,28). The summed E-state index contributed by atoms with van der Waals surface area (Å²) in [5, 5.41) is 7.90. The zero-order chi connectivity index (χ0) is 24.2. The van der Waals surface area contributed by atoms with Gasteiger partial charge in [-0.25, -0.2) is 22.0 Å². The van der Waals surface area contributed by atoms with Crippen molar-refractivity contribution in [3.63, 3.8) is 0 Å². The molecule has 11 heteroatoms. The molecule has 2 aromatic carbocycles. The van der Waals surface area contributed by atoms with Crippen LogP contribution in [0.4, 0.5) is 0 Å². The number of aryl methyl sites for hydroxylation is 1. The second-order valence-electron chi connectivity index (χ2n) is 7.97. The Hall–Kier alpha value is -2.47. The third kappa shape index (κ3) is 6.11. The molecule has 1 heterocycles. The van der Waals surface area contributed by atoms with E-state index in [1.807, 2.05) is 6.92 Å². The number of ether oxygens (including phenoxy) is 1. The van der Waals surface area contributed by atoms with Gasteiger partial charge in [0.1, 0.15) is 5.75 Å². The maximum absolute atomic E-state index is 13.2. The van der Waals surface area contributed by atoms with Crippen LogP contribution in [0.1, 0.15) is 30.9 Å². The van der Waals surface area contributed by atoms with E-state index >= 15 is 0 Å². The number of amides is 1. The van der Waals surface area contributed by atoms with Crippen LogP contribution in [0, 0.1) is 12.8 Å². The van der Waals surface area contributed by atoms with E-state index in [0.29, 0.717) is 37.3 Å². The highest BCUT2D eigenvalue weighted by atomic mass is 32.2. The average molecular weight is 496 g/mol. The first-order chi connectivity index (χ1) is 15.5. The Kier molecular flexibility index (Phi) is 7.78. The predicted octanol–water partition coefficient (Wildman–Crippen LogP) is 1.76. The first-order valence-electron chi connectivity index (χ1n) is 10.7. The van der Waals surface area contributed by atoms with Gasteiger partial charge in [0.2, 0.25) is 26.0 Å². The quantitative estimate of drug-likeness (QED) is 0.573. The van der Waals surface area contributed by atoms with Crippen molar-refractivity contribution in [1.29, 1.82) is 0 Å². The molecule has 1 fully saturated rings. The molecule has 33 heavy (non-hydrogen) atoms. The molecule has 0 saturated carbocycles. The van der Waals surface area contributed by atoms with Crippen LogP contribution in [0.3, 0.4) is 0 Å². The van der Waals surface area contributed by atoms with Gasteiger partial charge in [0, 0.05) is 19.6 Å². The predicted molar refractivity (Wildman–Crippen MR) is 123 cm³/mol. The Morgan fingerprint density at radius 3 is 2.39 bits per heavy atom. The number of sulfonamides is 2. The van der Waals surface area contributed by atoms with Crippen molar-refractivity contribution in [2.24, 2.45) is 11.1 Å². The first kappa shape index (κ1) is 25.2. The van der Waals surface area contributed by atoms with Crippen molar-refractivity contribution in [3.8, 4) is 5.75 Å². The molecular weight excluding hydrogens is 466 g/mol. The molecule has 0 aromatic heterocycles. The lowest BCUT2D eigenvalue weighted by molar-refractivity contribution is -0.126. The summed E-state index contributed by atoms with van der Waals surface area (Å²) < 4.78 is 55.9. The molecule has 1 aliphatic rings. The van der Waals surface area contributed by atoms with Crippen molar-refractivity contribution in [2.75, 3.05) is 19.7 Å². The molecule has 3 rings (SSSR count). The summed E-state index contributed by atoms with van der Waals surface area (Å²) in [6.45, 7) is 4.81. The summed E-state index contributed by atoms with van der Waals surface area (Å²) in [5.74, 6) is -0.0706. The number of carbonyl (C=O) groups excluding carboxylic acids is 1. The van der Waals surface area contributed by atoms with Crippen LogP contribution < -0.4 is 15.2 Å². The van der Waals surface area contributed by atoms with Gasteiger partial charge >= 0.3 is 0 Å². The number of hydrogen-bond acceptors (Lipinski definition) is 6. The van der Waals surface area contributed by atoms with Gasteiger partial charge in [0.05, 0.1) is 22.3 Å². The van der Waals surface area contributed by atoms with E-state index in [1.165, 1.54) is 22.5 Å². The topological polar surface area (TPSA) is 136 Å². The summed E-state index contributed by atoms with van der Waals surface area (Å²) in [6, 6.07) is 10.7. The third-order valence-electron chi connectivity index (χ3n) is 5.56. The summed E-state index contributed by atoms with van der Waals surface area (Å²) in [6.07, 6.45) is 1.17. The Bertz CT molecular complexity index is 1210. The number of nitrogens with one attached hydrogen (secondary N) is 1. The number of nitrogens with two attached hydrogens (primary N) is 1. The molecule has 0 radical (unpaired) electrons. The molecular formula is C22H29N3O6S2. The molecule has 1 aliphatic heterocycles. The van der Waals surface area contributed by atoms with Gasteiger partial charge in [0.15, 0.2) is 0 Å². The second kappa shape index (κ2) is 10.2. The molecule has 0 aliphatic carbocycles. The zero-order valence-corrected chi connectivity index (χ0v) is 20.3. The van der Waals surface area contributed by atoms with Crippen molar-refractivity contribution in [3.05, 3.63) is 53.6 Å². The number of nitrogens with zero attached hydrogens (tertiary/aromatic N) is 1. The van der Waals surface area contributed by atoms with Gasteiger partial charge in [-0.15, -0.1) is 0 Å². The third-order valence-corrected chi connectivity index (χ3v) is 8.35. The Labute approximate surface area is 195 Å². The number of carbonyl (C=O) groups is 1. The molecule has 1 saturated heterocycles. The second-order valence-corrected chi connectivity index (χ2v) is 11.5. The Morgan fingerprint density at radius 1 is 1.12 bits per heavy atom. The average Bonchev–Trinajstić information content (AvgIpc) is 2.78. The largest absolute Gasteiger partial charge is 0.494 e. The van der Waals surface area contributed by atoms with Crippen molar-refractivity contribution in [1.82, 2.24) is 9.62 Å². The molecule has 9 nitrogen and oxygen atoms in total. The maximum Gasteiger partial charge on any atom is 0.243 e. The highest BCUT2D eigenvalue weighted by Crippen LogP contribution is 2.27. The molecule has 180 valence electrons. The van der Waals surface area contributed by atoms with E-state index in [4.69, 9.17) is 9.88 Å². The Balaban J connectivity index is 1.64. The normalized spacial score (nSPS) is 17.5. The monoisotopic (exact) mass is 495 g/mol. The zero-order valence-electron chi connectivity index (χ0n) is 18.7. The van der Waals surface area contributed by atoms with Crippen molar-refractivity contribution < 1.29 is 26.4 Å². The summed E-state index contributed by atoms with van der Waals surface area (Å²) in [7, 11) is -7.52. The summed E-state index contributed by atoms with van der Waals surface area (Å²) in [5.41, 5.74) is 1.44. The number of rotatable bonds is 8. The minimum absolute atomic E-state index is 0.00442. The number of primary sulfonamides is 1. The minimum atomic E-state index is -3.78. The van der Waals surface area contributed by atoms with Gasteiger partial charge in [-0.2, -0.15) is 4.31 Å².